The van der Waals surface area contributed by atoms with E-state index in [0.717, 1.165) is 11.1 Å². The first kappa shape index (κ1) is 16.2. The predicted octanol–water partition coefficient (Wildman–Crippen LogP) is 3.19. The number of carbonyl (C=O) groups is 1. The number of phenolic OH excluding ortho intramolecular Hbond substituents is 1. The van der Waals surface area contributed by atoms with Crippen molar-refractivity contribution in [3.05, 3.63) is 82.8 Å². The SMILES string of the molecule is O=C1CC(Cc2ccccc2)=CC=C1S(=O)(=O)c1ccc(O)cc1. The average molecular weight is 340 g/mol. The number of hydrogen-bond donors (Lipinski definition) is 1. The fraction of sp³-hybridized carbons (Fsp3) is 0.105. The van der Waals surface area contributed by atoms with Crippen LogP contribution in [-0.2, 0) is 21.1 Å². The van der Waals surface area contributed by atoms with E-state index >= 15 is 0 Å². The lowest BCUT2D eigenvalue weighted by Gasteiger charge is -2.14. The first-order chi connectivity index (χ1) is 11.5. The van der Waals surface area contributed by atoms with Crippen LogP contribution in [0.25, 0.3) is 0 Å². The summed E-state index contributed by atoms with van der Waals surface area (Å²) in [5.74, 6) is -0.431. The topological polar surface area (TPSA) is 71.4 Å². The summed E-state index contributed by atoms with van der Waals surface area (Å²) in [6.45, 7) is 0. The number of phenols is 1. The van der Waals surface area contributed by atoms with Crippen LogP contribution in [0.5, 0.6) is 5.75 Å². The van der Waals surface area contributed by atoms with Crippen LogP contribution in [0, 0.1) is 0 Å². The number of hydrogen-bond acceptors (Lipinski definition) is 4. The summed E-state index contributed by atoms with van der Waals surface area (Å²) in [6, 6.07) is 14.9. The third-order valence-electron chi connectivity index (χ3n) is 3.84. The van der Waals surface area contributed by atoms with Gasteiger partial charge in [-0.05, 0) is 42.3 Å². The van der Waals surface area contributed by atoms with E-state index in [4.69, 9.17) is 0 Å². The van der Waals surface area contributed by atoms with E-state index < -0.39 is 15.6 Å². The zero-order valence-corrected chi connectivity index (χ0v) is 13.7. The maximum Gasteiger partial charge on any atom is 0.210 e. The molecule has 0 heterocycles. The number of benzene rings is 2. The number of Topliss-reactive ketones (excluding diaryl/α,β-unsaturated/α-hetero) is 1. The quantitative estimate of drug-likeness (QED) is 0.928. The zero-order valence-electron chi connectivity index (χ0n) is 12.8. The van der Waals surface area contributed by atoms with Crippen molar-refractivity contribution in [1.29, 1.82) is 0 Å². The van der Waals surface area contributed by atoms with Gasteiger partial charge >= 0.3 is 0 Å². The summed E-state index contributed by atoms with van der Waals surface area (Å²) in [6.07, 6.45) is 3.81. The normalized spacial score (nSPS) is 14.9. The number of rotatable bonds is 4. The Kier molecular flexibility index (Phi) is 4.36. The smallest absolute Gasteiger partial charge is 0.210 e. The Hall–Kier alpha value is -2.66. The van der Waals surface area contributed by atoms with Crippen molar-refractivity contribution in [2.45, 2.75) is 17.7 Å². The van der Waals surface area contributed by atoms with E-state index in [1.807, 2.05) is 30.3 Å². The van der Waals surface area contributed by atoms with Crippen molar-refractivity contribution in [3.63, 3.8) is 0 Å². The minimum Gasteiger partial charge on any atom is -0.508 e. The number of ketones is 1. The molecule has 2 aromatic carbocycles. The molecule has 0 spiro atoms. The van der Waals surface area contributed by atoms with Gasteiger partial charge < -0.3 is 5.11 Å². The molecule has 122 valence electrons. The summed E-state index contributed by atoms with van der Waals surface area (Å²) in [5.41, 5.74) is 1.96. The van der Waals surface area contributed by atoms with E-state index in [-0.39, 0.29) is 22.0 Å². The van der Waals surface area contributed by atoms with Crippen molar-refractivity contribution in [3.8, 4) is 5.75 Å². The van der Waals surface area contributed by atoms with Gasteiger partial charge in [0.25, 0.3) is 0 Å². The van der Waals surface area contributed by atoms with Crippen LogP contribution < -0.4 is 0 Å². The second-order valence-electron chi connectivity index (χ2n) is 5.62. The van der Waals surface area contributed by atoms with Crippen LogP contribution in [0.1, 0.15) is 12.0 Å². The van der Waals surface area contributed by atoms with Crippen LogP contribution in [0.2, 0.25) is 0 Å². The molecule has 0 radical (unpaired) electrons. The third kappa shape index (κ3) is 3.31. The number of carbonyl (C=O) groups excluding carboxylic acids is 1. The first-order valence-corrected chi connectivity index (χ1v) is 8.96. The van der Waals surface area contributed by atoms with Crippen LogP contribution in [0.3, 0.4) is 0 Å². The van der Waals surface area contributed by atoms with Gasteiger partial charge in [0.1, 0.15) is 10.7 Å². The molecule has 1 N–H and O–H groups in total. The zero-order chi connectivity index (χ0) is 17.2. The van der Waals surface area contributed by atoms with Crippen LogP contribution >= 0.6 is 0 Å². The molecule has 1 aliphatic carbocycles. The maximum absolute atomic E-state index is 12.6. The number of allylic oxidation sites excluding steroid dienone is 4. The van der Waals surface area contributed by atoms with Crippen molar-refractivity contribution < 1.29 is 18.3 Å². The molecule has 1 aliphatic rings. The Bertz CT molecular complexity index is 921. The van der Waals surface area contributed by atoms with Gasteiger partial charge in [0.15, 0.2) is 5.78 Å². The highest BCUT2D eigenvalue weighted by atomic mass is 32.2. The highest BCUT2D eigenvalue weighted by Crippen LogP contribution is 2.27. The van der Waals surface area contributed by atoms with Crippen LogP contribution in [0.15, 0.2) is 82.1 Å². The fourth-order valence-electron chi connectivity index (χ4n) is 2.61. The molecule has 0 bridgehead atoms. The first-order valence-electron chi connectivity index (χ1n) is 7.48. The van der Waals surface area contributed by atoms with Crippen molar-refractivity contribution >= 4 is 15.6 Å². The molecule has 4 nitrogen and oxygen atoms in total. The summed E-state index contributed by atoms with van der Waals surface area (Å²) < 4.78 is 25.1. The summed E-state index contributed by atoms with van der Waals surface area (Å²) in [5, 5.41) is 9.27. The van der Waals surface area contributed by atoms with Gasteiger partial charge in [-0.1, -0.05) is 42.0 Å². The highest BCUT2D eigenvalue weighted by Gasteiger charge is 2.28. The van der Waals surface area contributed by atoms with E-state index in [2.05, 4.69) is 0 Å². The largest absolute Gasteiger partial charge is 0.508 e. The molecule has 0 aliphatic heterocycles. The highest BCUT2D eigenvalue weighted by molar-refractivity contribution is 7.96. The number of aromatic hydroxyl groups is 1. The molecule has 3 rings (SSSR count). The molecule has 0 fully saturated rings. The molecule has 24 heavy (non-hydrogen) atoms. The van der Waals surface area contributed by atoms with Crippen LogP contribution in [0.4, 0.5) is 0 Å². The lowest BCUT2D eigenvalue weighted by atomic mass is 9.97. The minimum absolute atomic E-state index is 0.000177. The van der Waals surface area contributed by atoms with Crippen molar-refractivity contribution in [2.75, 3.05) is 0 Å². The summed E-state index contributed by atoms with van der Waals surface area (Å²) in [4.78, 5) is 12.1. The molecular weight excluding hydrogens is 324 g/mol. The summed E-state index contributed by atoms with van der Waals surface area (Å²) in [7, 11) is -3.87. The van der Waals surface area contributed by atoms with E-state index in [1.165, 1.54) is 30.3 Å². The Morgan fingerprint density at radius 2 is 1.58 bits per heavy atom. The lowest BCUT2D eigenvalue weighted by molar-refractivity contribution is -0.114. The Labute approximate surface area is 140 Å². The number of sulfone groups is 1. The van der Waals surface area contributed by atoms with E-state index in [9.17, 15) is 18.3 Å². The second-order valence-corrected chi connectivity index (χ2v) is 7.53. The molecule has 0 atom stereocenters. The Morgan fingerprint density at radius 3 is 2.21 bits per heavy atom. The van der Waals surface area contributed by atoms with Gasteiger partial charge in [-0.25, -0.2) is 8.42 Å². The maximum atomic E-state index is 12.6. The van der Waals surface area contributed by atoms with Gasteiger partial charge in [-0.3, -0.25) is 4.79 Å². The van der Waals surface area contributed by atoms with Gasteiger partial charge in [0, 0.05) is 6.42 Å². The Morgan fingerprint density at radius 1 is 0.917 bits per heavy atom. The van der Waals surface area contributed by atoms with E-state index in [1.54, 1.807) is 6.08 Å². The lowest BCUT2D eigenvalue weighted by Crippen LogP contribution is -2.17. The second kappa shape index (κ2) is 6.45. The van der Waals surface area contributed by atoms with Gasteiger partial charge in [0.2, 0.25) is 9.84 Å². The fourth-order valence-corrected chi connectivity index (χ4v) is 3.98. The summed E-state index contributed by atoms with van der Waals surface area (Å²) >= 11 is 0. The van der Waals surface area contributed by atoms with Gasteiger partial charge in [0.05, 0.1) is 4.90 Å². The molecule has 0 amide bonds. The van der Waals surface area contributed by atoms with E-state index in [0.29, 0.717) is 6.42 Å². The predicted molar refractivity (Wildman–Crippen MR) is 91.2 cm³/mol. The molecule has 0 saturated carbocycles. The monoisotopic (exact) mass is 340 g/mol. The average Bonchev–Trinajstić information content (AvgIpc) is 2.56. The van der Waals surface area contributed by atoms with Crippen molar-refractivity contribution in [2.24, 2.45) is 0 Å². The van der Waals surface area contributed by atoms with Gasteiger partial charge in [-0.15, -0.1) is 0 Å². The molecule has 0 saturated heterocycles. The minimum atomic E-state index is -3.87. The standard InChI is InChI=1S/C19H16O4S/c20-16-7-9-17(10-8-16)24(22,23)19-11-6-15(13-18(19)21)12-14-4-2-1-3-5-14/h1-11,20H,12-13H2. The molecule has 2 aromatic rings. The van der Waals surface area contributed by atoms with Crippen LogP contribution in [-0.4, -0.2) is 19.3 Å². The molecular formula is C19H16O4S. The third-order valence-corrected chi connectivity index (χ3v) is 5.68. The molecule has 0 aromatic heterocycles. The Balaban J connectivity index is 1.89. The van der Waals surface area contributed by atoms with Crippen molar-refractivity contribution in [1.82, 2.24) is 0 Å². The molecule has 5 heteroatoms. The molecule has 0 unspecified atom stereocenters. The van der Waals surface area contributed by atoms with Gasteiger partial charge in [-0.2, -0.15) is 0 Å².